The maximum Gasteiger partial charge on any atom is 0.411 e. The van der Waals surface area contributed by atoms with Crippen LogP contribution in [-0.4, -0.2) is 40.6 Å². The molecule has 0 aromatic heterocycles. The predicted molar refractivity (Wildman–Crippen MR) is 133 cm³/mol. The Hall–Kier alpha value is -3.84. The molecule has 0 radical (unpaired) electrons. The van der Waals surface area contributed by atoms with Gasteiger partial charge in [0.25, 0.3) is 0 Å². The largest absolute Gasteiger partial charge is 0.444 e. The van der Waals surface area contributed by atoms with Crippen molar-refractivity contribution in [3.63, 3.8) is 0 Å². The SMILES string of the molecule is CC(C)(C)OC(=O)N1[C@@H]2CCC(C2)[C@H]1C(=O)N[C@H](C#N)Cc1ccc(-c2cccc(C#N)c2)cc1.[HH]. The van der Waals surface area contributed by atoms with Gasteiger partial charge in [0.1, 0.15) is 17.7 Å². The van der Waals surface area contributed by atoms with Gasteiger partial charge in [-0.05, 0) is 74.8 Å². The fourth-order valence-corrected chi connectivity index (χ4v) is 5.13. The molecule has 2 aliphatic rings. The number of benzene rings is 2. The van der Waals surface area contributed by atoms with Crippen LogP contribution >= 0.6 is 0 Å². The summed E-state index contributed by atoms with van der Waals surface area (Å²) in [5, 5.41) is 21.7. The summed E-state index contributed by atoms with van der Waals surface area (Å²) in [6.45, 7) is 5.43. The third kappa shape index (κ3) is 5.46. The fraction of sp³-hybridized carbons (Fsp3) is 0.429. The zero-order valence-corrected chi connectivity index (χ0v) is 20.3. The Labute approximate surface area is 207 Å². The van der Waals surface area contributed by atoms with Crippen LogP contribution in [0.3, 0.4) is 0 Å². The summed E-state index contributed by atoms with van der Waals surface area (Å²) >= 11 is 0. The highest BCUT2D eigenvalue weighted by atomic mass is 16.6. The number of carbonyl (C=O) groups excluding carboxylic acids is 2. The maximum absolute atomic E-state index is 13.2. The zero-order chi connectivity index (χ0) is 25.2. The van der Waals surface area contributed by atoms with E-state index in [0.717, 1.165) is 36.0 Å². The van der Waals surface area contributed by atoms with Crippen LogP contribution in [0.25, 0.3) is 11.1 Å². The van der Waals surface area contributed by atoms with Gasteiger partial charge in [-0.25, -0.2) is 4.79 Å². The Morgan fingerprint density at radius 1 is 1.14 bits per heavy atom. The molecule has 1 unspecified atom stereocenters. The standard InChI is InChI=1S/C28H30N4O3.H2/c1-28(2,3)35-27(34)32-24-12-11-22(15-24)25(32)26(33)31-23(17-30)14-18-7-9-20(10-8-18)21-6-4-5-19(13-21)16-29;/h4-10,13,22-25H,11-12,14-15H2,1-3H3,(H,31,33);1H/t22?,23-,24+,25-;/m0./s1. The number of piperidine rings is 1. The van der Waals surface area contributed by atoms with Crippen LogP contribution in [0.4, 0.5) is 4.79 Å². The summed E-state index contributed by atoms with van der Waals surface area (Å²) in [6, 6.07) is 18.2. The minimum absolute atomic E-state index is 0. The minimum atomic E-state index is -0.713. The molecule has 1 aliphatic heterocycles. The van der Waals surface area contributed by atoms with E-state index in [9.17, 15) is 14.9 Å². The first-order chi connectivity index (χ1) is 16.7. The van der Waals surface area contributed by atoms with Crippen molar-refractivity contribution in [1.82, 2.24) is 10.2 Å². The number of hydrogen-bond acceptors (Lipinski definition) is 5. The molecule has 4 rings (SSSR count). The normalized spacial score (nSPS) is 21.6. The van der Waals surface area contributed by atoms with E-state index in [4.69, 9.17) is 10.00 Å². The lowest BCUT2D eigenvalue weighted by atomic mass is 9.97. The van der Waals surface area contributed by atoms with Crippen molar-refractivity contribution < 1.29 is 15.8 Å². The number of carbonyl (C=O) groups is 2. The fourth-order valence-electron chi connectivity index (χ4n) is 5.13. The van der Waals surface area contributed by atoms with Gasteiger partial charge in [0.05, 0.1) is 17.7 Å². The number of likely N-dealkylation sites (tertiary alicyclic amines) is 1. The third-order valence-electron chi connectivity index (χ3n) is 6.65. The molecule has 7 heteroatoms. The van der Waals surface area contributed by atoms with Gasteiger partial charge < -0.3 is 10.1 Å². The number of fused-ring (bicyclic) bond motifs is 2. The van der Waals surface area contributed by atoms with Crippen LogP contribution in [-0.2, 0) is 16.0 Å². The summed E-state index contributed by atoms with van der Waals surface area (Å²) in [6.07, 6.45) is 2.46. The van der Waals surface area contributed by atoms with Gasteiger partial charge in [-0.15, -0.1) is 0 Å². The molecule has 35 heavy (non-hydrogen) atoms. The molecular formula is C28H32N4O3. The van der Waals surface area contributed by atoms with E-state index in [1.165, 1.54) is 0 Å². The number of hydrogen-bond donors (Lipinski definition) is 1. The summed E-state index contributed by atoms with van der Waals surface area (Å²) < 4.78 is 5.57. The summed E-state index contributed by atoms with van der Waals surface area (Å²) in [7, 11) is 0. The first kappa shape index (κ1) is 24.3. The van der Waals surface area contributed by atoms with Gasteiger partial charge in [0.2, 0.25) is 5.91 Å². The van der Waals surface area contributed by atoms with E-state index in [1.807, 2.05) is 63.2 Å². The highest BCUT2D eigenvalue weighted by Crippen LogP contribution is 2.43. The quantitative estimate of drug-likeness (QED) is 0.672. The Kier molecular flexibility index (Phi) is 6.80. The summed E-state index contributed by atoms with van der Waals surface area (Å²) in [5.41, 5.74) is 2.78. The van der Waals surface area contributed by atoms with Crippen LogP contribution in [0.1, 0.15) is 52.6 Å². The first-order valence-corrected chi connectivity index (χ1v) is 12.0. The van der Waals surface area contributed by atoms with Crippen molar-refractivity contribution in [2.75, 3.05) is 0 Å². The van der Waals surface area contributed by atoms with Gasteiger partial charge in [0, 0.05) is 13.9 Å². The number of ether oxygens (including phenoxy) is 1. The molecule has 2 bridgehead atoms. The second-order valence-corrected chi connectivity index (χ2v) is 10.3. The third-order valence-corrected chi connectivity index (χ3v) is 6.65. The number of rotatable bonds is 5. The van der Waals surface area contributed by atoms with Crippen molar-refractivity contribution in [1.29, 1.82) is 10.5 Å². The molecule has 1 heterocycles. The van der Waals surface area contributed by atoms with Gasteiger partial charge >= 0.3 is 6.09 Å². The monoisotopic (exact) mass is 472 g/mol. The Bertz CT molecular complexity index is 1190. The highest BCUT2D eigenvalue weighted by molar-refractivity contribution is 5.87. The van der Waals surface area contributed by atoms with Crippen molar-refractivity contribution in [2.45, 2.75) is 70.2 Å². The first-order valence-electron chi connectivity index (χ1n) is 12.0. The van der Waals surface area contributed by atoms with Gasteiger partial charge in [-0.3, -0.25) is 9.69 Å². The number of nitriles is 2. The number of nitrogens with one attached hydrogen (secondary N) is 1. The number of nitrogens with zero attached hydrogens (tertiary/aromatic N) is 3. The van der Waals surface area contributed by atoms with E-state index in [-0.39, 0.29) is 19.3 Å². The predicted octanol–water partition coefficient (Wildman–Crippen LogP) is 4.81. The van der Waals surface area contributed by atoms with Crippen LogP contribution < -0.4 is 5.32 Å². The van der Waals surface area contributed by atoms with Crippen molar-refractivity contribution >= 4 is 12.0 Å². The Morgan fingerprint density at radius 2 is 1.89 bits per heavy atom. The van der Waals surface area contributed by atoms with Gasteiger partial charge in [-0.1, -0.05) is 36.4 Å². The molecule has 2 amide bonds. The molecule has 182 valence electrons. The average molecular weight is 473 g/mol. The molecule has 1 saturated carbocycles. The van der Waals surface area contributed by atoms with Crippen molar-refractivity contribution in [3.05, 3.63) is 59.7 Å². The lowest BCUT2D eigenvalue weighted by molar-refractivity contribution is -0.128. The average Bonchev–Trinajstić information content (AvgIpc) is 3.45. The second kappa shape index (κ2) is 9.80. The molecular weight excluding hydrogens is 440 g/mol. The maximum atomic E-state index is 13.2. The lowest BCUT2D eigenvalue weighted by Crippen LogP contribution is -2.55. The molecule has 0 spiro atoms. The van der Waals surface area contributed by atoms with E-state index in [0.29, 0.717) is 12.0 Å². The second-order valence-electron chi connectivity index (χ2n) is 10.3. The Morgan fingerprint density at radius 3 is 2.54 bits per heavy atom. The zero-order valence-electron chi connectivity index (χ0n) is 20.3. The molecule has 2 aromatic rings. The van der Waals surface area contributed by atoms with Crippen LogP contribution in [0.15, 0.2) is 48.5 Å². The van der Waals surface area contributed by atoms with Crippen molar-refractivity contribution in [3.8, 4) is 23.3 Å². The summed E-state index contributed by atoms with van der Waals surface area (Å²) in [5.74, 6) is -0.199. The lowest BCUT2D eigenvalue weighted by Gasteiger charge is -2.35. The molecule has 7 nitrogen and oxygen atoms in total. The highest BCUT2D eigenvalue weighted by Gasteiger charge is 2.52. The topological polar surface area (TPSA) is 106 Å². The molecule has 1 aliphatic carbocycles. The van der Waals surface area contributed by atoms with Crippen LogP contribution in [0.5, 0.6) is 0 Å². The molecule has 4 atom stereocenters. The van der Waals surface area contributed by atoms with Crippen LogP contribution in [0.2, 0.25) is 0 Å². The molecule has 1 saturated heterocycles. The van der Waals surface area contributed by atoms with Gasteiger partial charge in [-0.2, -0.15) is 10.5 Å². The van der Waals surface area contributed by atoms with E-state index in [2.05, 4.69) is 17.5 Å². The molecule has 2 aromatic carbocycles. The van der Waals surface area contributed by atoms with E-state index < -0.39 is 23.8 Å². The van der Waals surface area contributed by atoms with Crippen LogP contribution in [0, 0.1) is 28.6 Å². The van der Waals surface area contributed by atoms with Crippen molar-refractivity contribution in [2.24, 2.45) is 5.92 Å². The van der Waals surface area contributed by atoms with Gasteiger partial charge in [0.15, 0.2) is 0 Å². The molecule has 2 fully saturated rings. The van der Waals surface area contributed by atoms with E-state index >= 15 is 0 Å². The Balaban J connectivity index is 0.00000361. The van der Waals surface area contributed by atoms with E-state index in [1.54, 1.807) is 11.0 Å². The summed E-state index contributed by atoms with van der Waals surface area (Å²) in [4.78, 5) is 27.7. The smallest absolute Gasteiger partial charge is 0.411 e. The number of amides is 2. The molecule has 1 N–H and O–H groups in total. The minimum Gasteiger partial charge on any atom is -0.444 e.